The summed E-state index contributed by atoms with van der Waals surface area (Å²) in [6.07, 6.45) is 3.08. The second-order valence-electron chi connectivity index (χ2n) is 13.0. The monoisotopic (exact) mass is 696 g/mol. The molecule has 6 rings (SSSR count). The van der Waals surface area contributed by atoms with Crippen molar-refractivity contribution in [1.82, 2.24) is 24.5 Å². The maximum absolute atomic E-state index is 13.9. The highest BCUT2D eigenvalue weighted by Gasteiger charge is 2.36. The highest BCUT2D eigenvalue weighted by atomic mass is 79.9. The summed E-state index contributed by atoms with van der Waals surface area (Å²) in [7, 11) is 2.16. The number of carbonyl (C=O) groups excluding carboxylic acids is 3. The van der Waals surface area contributed by atoms with Gasteiger partial charge in [-0.15, -0.1) is 0 Å². The average Bonchev–Trinajstić information content (AvgIpc) is 3.24. The van der Waals surface area contributed by atoms with Crippen molar-refractivity contribution in [2.45, 2.75) is 56.7 Å². The number of piperidine rings is 2. The van der Waals surface area contributed by atoms with Gasteiger partial charge in [0.05, 0.1) is 4.47 Å². The van der Waals surface area contributed by atoms with Crippen LogP contribution in [0.15, 0.2) is 46.9 Å². The molecule has 0 radical (unpaired) electrons. The van der Waals surface area contributed by atoms with Crippen molar-refractivity contribution >= 4 is 39.6 Å². The predicted octanol–water partition coefficient (Wildman–Crippen LogP) is 4.00. The Balaban J connectivity index is 1.07. The maximum Gasteiger partial charge on any atom is 0.410 e. The summed E-state index contributed by atoms with van der Waals surface area (Å²) in [6.45, 7) is 6.55. The van der Waals surface area contributed by atoms with Crippen molar-refractivity contribution in [2.75, 3.05) is 71.3 Å². The average molecular weight is 698 g/mol. The molecular weight excluding hydrogens is 652 g/mol. The number of phenols is 1. The van der Waals surface area contributed by atoms with Gasteiger partial charge in [0.1, 0.15) is 5.75 Å². The Morgan fingerprint density at radius 1 is 0.913 bits per heavy atom. The van der Waals surface area contributed by atoms with Crippen molar-refractivity contribution < 1.29 is 24.2 Å². The molecule has 0 spiro atoms. The lowest BCUT2D eigenvalue weighted by molar-refractivity contribution is -0.143. The Kier molecular flexibility index (Phi) is 10.3. The molecule has 12 heteroatoms. The lowest BCUT2D eigenvalue weighted by atomic mass is 10.0. The first-order valence-electron chi connectivity index (χ1n) is 16.5. The molecule has 11 nitrogen and oxygen atoms in total. The minimum atomic E-state index is -0.980. The SMILES string of the molecule is CN1CCC(N2CCN(C(=O)[C@@H](Cc3ccc(O)c(Br)c3)OC(=O)N3CCC(N4CCc5ccccc5NC4=O)CC3)CC2)CC1. The number of urea groups is 1. The third kappa shape index (κ3) is 7.61. The van der Waals surface area contributed by atoms with Crippen molar-refractivity contribution in [3.63, 3.8) is 0 Å². The lowest BCUT2D eigenvalue weighted by Crippen LogP contribution is -2.56. The lowest BCUT2D eigenvalue weighted by Gasteiger charge is -2.42. The van der Waals surface area contributed by atoms with Crippen molar-refractivity contribution in [3.8, 4) is 5.75 Å². The Bertz CT molecular complexity index is 1400. The standard InChI is InChI=1S/C34H45BrN6O5/c1-37-13-9-26(10-14-37)38-18-20-39(21-19-38)32(43)31(23-24-6-7-30(42)28(35)22-24)46-34(45)40-15-11-27(12-16-40)41-17-8-25-4-2-3-5-29(25)36-33(41)44/h2-7,22,26-27,31,42H,8-21,23H2,1H3,(H,36,44)/t31-/m1/s1. The zero-order valence-corrected chi connectivity index (χ0v) is 28.2. The van der Waals surface area contributed by atoms with E-state index in [2.05, 4.69) is 38.1 Å². The van der Waals surface area contributed by atoms with Gasteiger partial charge in [-0.2, -0.15) is 0 Å². The third-order valence-electron chi connectivity index (χ3n) is 10.1. The van der Waals surface area contributed by atoms with E-state index in [0.717, 1.165) is 62.3 Å². The molecule has 3 saturated heterocycles. The summed E-state index contributed by atoms with van der Waals surface area (Å²) in [5.74, 6) is -0.0743. The van der Waals surface area contributed by atoms with E-state index in [-0.39, 0.29) is 30.2 Å². The van der Waals surface area contributed by atoms with E-state index < -0.39 is 12.2 Å². The number of phenolic OH excluding ortho intramolecular Hbond substituents is 1. The number of likely N-dealkylation sites (tertiary alicyclic amines) is 2. The number of hydrogen-bond donors (Lipinski definition) is 2. The Morgan fingerprint density at radius 3 is 2.33 bits per heavy atom. The van der Waals surface area contributed by atoms with Gasteiger partial charge in [0, 0.05) is 70.0 Å². The number of rotatable bonds is 6. The molecule has 2 aromatic rings. The van der Waals surface area contributed by atoms with E-state index in [9.17, 15) is 19.5 Å². The molecule has 0 aliphatic carbocycles. The van der Waals surface area contributed by atoms with Gasteiger partial charge in [-0.1, -0.05) is 24.3 Å². The fraction of sp³-hybridized carbons (Fsp3) is 0.559. The van der Waals surface area contributed by atoms with E-state index >= 15 is 0 Å². The second-order valence-corrected chi connectivity index (χ2v) is 13.9. The summed E-state index contributed by atoms with van der Waals surface area (Å²) in [6, 6.07) is 13.4. The number of benzene rings is 2. The topological polar surface area (TPSA) is 109 Å². The highest BCUT2D eigenvalue weighted by molar-refractivity contribution is 9.10. The van der Waals surface area contributed by atoms with Crippen molar-refractivity contribution in [1.29, 1.82) is 0 Å². The molecule has 4 amide bonds. The second kappa shape index (κ2) is 14.6. The Labute approximate surface area is 279 Å². The normalized spacial score (nSPS) is 21.3. The fourth-order valence-corrected chi connectivity index (χ4v) is 7.66. The van der Waals surface area contributed by atoms with Crippen LogP contribution in [0.1, 0.15) is 36.8 Å². The molecule has 2 aromatic carbocycles. The van der Waals surface area contributed by atoms with Crippen LogP contribution < -0.4 is 5.32 Å². The van der Waals surface area contributed by atoms with E-state index in [1.165, 1.54) is 0 Å². The summed E-state index contributed by atoms with van der Waals surface area (Å²) >= 11 is 3.36. The number of amides is 4. The molecule has 4 aliphatic rings. The number of para-hydroxylation sites is 1. The number of halogens is 1. The van der Waals surface area contributed by atoms with Crippen LogP contribution in [0.4, 0.5) is 15.3 Å². The summed E-state index contributed by atoms with van der Waals surface area (Å²) < 4.78 is 6.53. The van der Waals surface area contributed by atoms with Crippen LogP contribution in [0.3, 0.4) is 0 Å². The van der Waals surface area contributed by atoms with Gasteiger partial charge in [0.15, 0.2) is 6.10 Å². The molecule has 4 aliphatic heterocycles. The minimum Gasteiger partial charge on any atom is -0.507 e. The summed E-state index contributed by atoms with van der Waals surface area (Å²) in [4.78, 5) is 50.7. The van der Waals surface area contributed by atoms with Gasteiger partial charge in [-0.3, -0.25) is 9.69 Å². The van der Waals surface area contributed by atoms with E-state index in [1.54, 1.807) is 23.1 Å². The number of nitrogens with one attached hydrogen (secondary N) is 1. The first-order chi connectivity index (χ1) is 22.2. The number of hydrogen-bond acceptors (Lipinski definition) is 7. The number of fused-ring (bicyclic) bond motifs is 1. The molecule has 0 bridgehead atoms. The van der Waals surface area contributed by atoms with Crippen LogP contribution in [0.5, 0.6) is 5.75 Å². The molecule has 46 heavy (non-hydrogen) atoms. The number of carbonyl (C=O) groups is 3. The van der Waals surface area contributed by atoms with Crippen LogP contribution in [0, 0.1) is 0 Å². The van der Waals surface area contributed by atoms with Gasteiger partial charge >= 0.3 is 12.1 Å². The smallest absolute Gasteiger partial charge is 0.410 e. The summed E-state index contributed by atoms with van der Waals surface area (Å²) in [5, 5.41) is 13.0. The Morgan fingerprint density at radius 2 is 1.61 bits per heavy atom. The quantitative estimate of drug-likeness (QED) is 0.470. The molecule has 0 saturated carbocycles. The molecule has 2 N–H and O–H groups in total. The maximum atomic E-state index is 13.9. The first kappa shape index (κ1) is 32.6. The molecule has 4 heterocycles. The number of ether oxygens (including phenoxy) is 1. The van der Waals surface area contributed by atoms with Crippen molar-refractivity contribution in [2.24, 2.45) is 0 Å². The highest BCUT2D eigenvalue weighted by Crippen LogP contribution is 2.27. The van der Waals surface area contributed by atoms with E-state index in [0.29, 0.717) is 56.1 Å². The van der Waals surface area contributed by atoms with Gasteiger partial charge in [0.25, 0.3) is 5.91 Å². The van der Waals surface area contributed by atoms with Gasteiger partial charge in [-0.25, -0.2) is 9.59 Å². The molecule has 0 aromatic heterocycles. The van der Waals surface area contributed by atoms with E-state index in [1.807, 2.05) is 34.1 Å². The predicted molar refractivity (Wildman–Crippen MR) is 179 cm³/mol. The van der Waals surface area contributed by atoms with Crippen LogP contribution in [-0.4, -0.2) is 132 Å². The van der Waals surface area contributed by atoms with Gasteiger partial charge in [0.2, 0.25) is 0 Å². The number of piperazine rings is 1. The van der Waals surface area contributed by atoms with Crippen molar-refractivity contribution in [3.05, 3.63) is 58.1 Å². The van der Waals surface area contributed by atoms with Crippen LogP contribution in [-0.2, 0) is 22.4 Å². The number of anilines is 1. The third-order valence-corrected chi connectivity index (χ3v) is 10.7. The first-order valence-corrected chi connectivity index (χ1v) is 17.3. The molecular formula is C34H45BrN6O5. The van der Waals surface area contributed by atoms with Crippen LogP contribution in [0.25, 0.3) is 0 Å². The fourth-order valence-electron chi connectivity index (χ4n) is 7.24. The molecule has 3 fully saturated rings. The molecule has 0 unspecified atom stereocenters. The zero-order chi connectivity index (χ0) is 32.2. The summed E-state index contributed by atoms with van der Waals surface area (Å²) in [5.41, 5.74) is 2.77. The minimum absolute atomic E-state index is 0.0194. The number of aromatic hydroxyl groups is 1. The van der Waals surface area contributed by atoms with Crippen LogP contribution >= 0.6 is 15.9 Å². The largest absolute Gasteiger partial charge is 0.507 e. The molecule has 248 valence electrons. The van der Waals surface area contributed by atoms with Gasteiger partial charge < -0.3 is 34.8 Å². The number of nitrogens with zero attached hydrogens (tertiary/aromatic N) is 5. The van der Waals surface area contributed by atoms with Crippen LogP contribution in [0.2, 0.25) is 0 Å². The Hall–Kier alpha value is -3.35. The van der Waals surface area contributed by atoms with Gasteiger partial charge in [-0.05, 0) is 97.5 Å². The molecule has 1 atom stereocenters. The van der Waals surface area contributed by atoms with E-state index in [4.69, 9.17) is 4.74 Å². The zero-order valence-electron chi connectivity index (χ0n) is 26.6.